The highest BCUT2D eigenvalue weighted by atomic mass is 32.2. The maximum atomic E-state index is 12.5. The minimum atomic E-state index is -3.19. The van der Waals surface area contributed by atoms with Crippen LogP contribution in [-0.4, -0.2) is 61.5 Å². The number of piperidine rings is 1. The Balaban J connectivity index is 2.12. The molecule has 0 radical (unpaired) electrons. The molecule has 0 spiro atoms. The van der Waals surface area contributed by atoms with Gasteiger partial charge in [-0.15, -0.1) is 0 Å². The lowest BCUT2D eigenvalue weighted by Crippen LogP contribution is -2.54. The average Bonchev–Trinajstić information content (AvgIpc) is 2.47. The number of amides is 1. The van der Waals surface area contributed by atoms with E-state index in [9.17, 15) is 13.2 Å². The predicted octanol–water partition coefficient (Wildman–Crippen LogP) is 0.322. The topological polar surface area (TPSA) is 66.5 Å². The molecule has 2 aliphatic heterocycles. The standard InChI is InChI=1S/C12H22N2O3S2/c1-2-19(16,17)11-9-18-7-6-14(11)12(15)10-4-3-5-13-8-10/h10-11,13H,2-9H2,1H3/t10-,11?/m0/s1. The summed E-state index contributed by atoms with van der Waals surface area (Å²) in [5.74, 6) is 1.43. The van der Waals surface area contributed by atoms with Gasteiger partial charge in [-0.2, -0.15) is 11.8 Å². The Bertz CT molecular complexity index is 419. The summed E-state index contributed by atoms with van der Waals surface area (Å²) in [6, 6.07) is 0. The van der Waals surface area contributed by atoms with Crippen molar-refractivity contribution in [2.45, 2.75) is 25.1 Å². The molecule has 5 nitrogen and oxygen atoms in total. The number of rotatable bonds is 3. The average molecular weight is 306 g/mol. The Labute approximate surface area is 119 Å². The van der Waals surface area contributed by atoms with E-state index in [4.69, 9.17) is 0 Å². The summed E-state index contributed by atoms with van der Waals surface area (Å²) < 4.78 is 24.3. The molecular weight excluding hydrogens is 284 g/mol. The molecule has 19 heavy (non-hydrogen) atoms. The molecule has 2 heterocycles. The van der Waals surface area contributed by atoms with Gasteiger partial charge >= 0.3 is 0 Å². The van der Waals surface area contributed by atoms with E-state index in [-0.39, 0.29) is 17.6 Å². The molecule has 2 saturated heterocycles. The van der Waals surface area contributed by atoms with Gasteiger partial charge in [-0.05, 0) is 19.4 Å². The molecule has 0 aliphatic carbocycles. The van der Waals surface area contributed by atoms with Crippen molar-refractivity contribution >= 4 is 27.5 Å². The summed E-state index contributed by atoms with van der Waals surface area (Å²) in [6.07, 6.45) is 1.86. The van der Waals surface area contributed by atoms with Crippen LogP contribution >= 0.6 is 11.8 Å². The maximum Gasteiger partial charge on any atom is 0.228 e. The lowest BCUT2D eigenvalue weighted by molar-refractivity contribution is -0.136. The number of nitrogens with one attached hydrogen (secondary N) is 1. The number of hydrogen-bond acceptors (Lipinski definition) is 5. The highest BCUT2D eigenvalue weighted by Gasteiger charge is 2.38. The fourth-order valence-electron chi connectivity index (χ4n) is 2.62. The van der Waals surface area contributed by atoms with Gasteiger partial charge in [0.15, 0.2) is 9.84 Å². The van der Waals surface area contributed by atoms with Gasteiger partial charge in [0, 0.05) is 30.3 Å². The van der Waals surface area contributed by atoms with Crippen LogP contribution in [0.4, 0.5) is 0 Å². The zero-order valence-corrected chi connectivity index (χ0v) is 12.9. The third kappa shape index (κ3) is 3.44. The van der Waals surface area contributed by atoms with Crippen LogP contribution in [0.2, 0.25) is 0 Å². The van der Waals surface area contributed by atoms with Crippen LogP contribution in [0.25, 0.3) is 0 Å². The Kier molecular flexibility index (Phi) is 5.14. The second-order valence-corrected chi connectivity index (χ2v) is 8.65. The number of hydrogen-bond donors (Lipinski definition) is 1. The maximum absolute atomic E-state index is 12.5. The number of nitrogens with zero attached hydrogens (tertiary/aromatic N) is 1. The third-order valence-corrected chi connectivity index (χ3v) is 7.12. The van der Waals surface area contributed by atoms with Gasteiger partial charge in [0.05, 0.1) is 5.92 Å². The molecule has 1 amide bonds. The molecule has 0 aromatic carbocycles. The minimum Gasteiger partial charge on any atom is -0.324 e. The molecule has 0 bridgehead atoms. The van der Waals surface area contributed by atoms with E-state index < -0.39 is 15.2 Å². The monoisotopic (exact) mass is 306 g/mol. The first-order chi connectivity index (χ1) is 9.06. The van der Waals surface area contributed by atoms with Crippen LogP contribution in [0.3, 0.4) is 0 Å². The van der Waals surface area contributed by atoms with E-state index in [1.807, 2.05) is 0 Å². The first-order valence-corrected chi connectivity index (χ1v) is 9.73. The molecule has 1 N–H and O–H groups in total. The first-order valence-electron chi connectivity index (χ1n) is 6.86. The molecule has 2 rings (SSSR count). The van der Waals surface area contributed by atoms with Gasteiger partial charge < -0.3 is 10.2 Å². The zero-order chi connectivity index (χ0) is 13.9. The molecule has 110 valence electrons. The van der Waals surface area contributed by atoms with Crippen LogP contribution in [0.1, 0.15) is 19.8 Å². The van der Waals surface area contributed by atoms with E-state index in [1.165, 1.54) is 0 Å². The lowest BCUT2D eigenvalue weighted by atomic mass is 9.98. The Morgan fingerprint density at radius 1 is 1.47 bits per heavy atom. The summed E-state index contributed by atoms with van der Waals surface area (Å²) >= 11 is 1.62. The predicted molar refractivity (Wildman–Crippen MR) is 77.9 cm³/mol. The fourth-order valence-corrected chi connectivity index (χ4v) is 5.59. The van der Waals surface area contributed by atoms with Gasteiger partial charge in [0.2, 0.25) is 5.91 Å². The highest BCUT2D eigenvalue weighted by Crippen LogP contribution is 2.24. The largest absolute Gasteiger partial charge is 0.324 e. The Hall–Kier alpha value is -0.270. The Morgan fingerprint density at radius 3 is 2.89 bits per heavy atom. The van der Waals surface area contributed by atoms with Gasteiger partial charge in [0.1, 0.15) is 5.37 Å². The number of thioether (sulfide) groups is 1. The fraction of sp³-hybridized carbons (Fsp3) is 0.917. The quantitative estimate of drug-likeness (QED) is 0.813. The van der Waals surface area contributed by atoms with Crippen LogP contribution in [0.15, 0.2) is 0 Å². The molecule has 0 saturated carbocycles. The SMILES string of the molecule is CCS(=O)(=O)C1CSCCN1C(=O)[C@H]1CCCNC1. The summed E-state index contributed by atoms with van der Waals surface area (Å²) in [5.41, 5.74) is 0. The molecule has 2 fully saturated rings. The van der Waals surface area contributed by atoms with Gasteiger partial charge in [-0.3, -0.25) is 4.79 Å². The highest BCUT2D eigenvalue weighted by molar-refractivity contribution is 8.01. The van der Waals surface area contributed by atoms with E-state index >= 15 is 0 Å². The normalized spacial score (nSPS) is 29.2. The van der Waals surface area contributed by atoms with Crippen LogP contribution in [0.5, 0.6) is 0 Å². The molecule has 1 unspecified atom stereocenters. The van der Waals surface area contributed by atoms with Crippen LogP contribution in [-0.2, 0) is 14.6 Å². The van der Waals surface area contributed by atoms with Gasteiger partial charge in [-0.25, -0.2) is 8.42 Å². The van der Waals surface area contributed by atoms with E-state index in [2.05, 4.69) is 5.32 Å². The number of carbonyl (C=O) groups excluding carboxylic acids is 1. The molecule has 2 aliphatic rings. The van der Waals surface area contributed by atoms with Crippen molar-refractivity contribution in [3.63, 3.8) is 0 Å². The van der Waals surface area contributed by atoms with E-state index in [0.717, 1.165) is 25.1 Å². The van der Waals surface area contributed by atoms with Crippen molar-refractivity contribution in [3.05, 3.63) is 0 Å². The molecular formula is C12H22N2O3S2. The second kappa shape index (κ2) is 6.45. The third-order valence-electron chi connectivity index (χ3n) is 3.83. The lowest BCUT2D eigenvalue weighted by Gasteiger charge is -2.37. The van der Waals surface area contributed by atoms with Crippen LogP contribution < -0.4 is 5.32 Å². The second-order valence-electron chi connectivity index (χ2n) is 5.06. The Morgan fingerprint density at radius 2 is 2.26 bits per heavy atom. The molecule has 2 atom stereocenters. The molecule has 0 aromatic rings. The van der Waals surface area contributed by atoms with Crippen molar-refractivity contribution in [1.29, 1.82) is 0 Å². The zero-order valence-electron chi connectivity index (χ0n) is 11.3. The van der Waals surface area contributed by atoms with Crippen molar-refractivity contribution in [2.75, 3.05) is 36.9 Å². The van der Waals surface area contributed by atoms with Gasteiger partial charge in [0.25, 0.3) is 0 Å². The van der Waals surface area contributed by atoms with E-state index in [1.54, 1.807) is 23.6 Å². The van der Waals surface area contributed by atoms with E-state index in [0.29, 0.717) is 18.8 Å². The van der Waals surface area contributed by atoms with Crippen molar-refractivity contribution in [2.24, 2.45) is 5.92 Å². The van der Waals surface area contributed by atoms with Crippen molar-refractivity contribution in [1.82, 2.24) is 10.2 Å². The number of sulfone groups is 1. The minimum absolute atomic E-state index is 0.0227. The van der Waals surface area contributed by atoms with Crippen molar-refractivity contribution in [3.8, 4) is 0 Å². The summed E-state index contributed by atoms with van der Waals surface area (Å²) in [6.45, 7) is 3.85. The smallest absolute Gasteiger partial charge is 0.228 e. The summed E-state index contributed by atoms with van der Waals surface area (Å²) in [5, 5.41) is 2.60. The van der Waals surface area contributed by atoms with Crippen molar-refractivity contribution < 1.29 is 13.2 Å². The van der Waals surface area contributed by atoms with Gasteiger partial charge in [-0.1, -0.05) is 6.92 Å². The molecule has 0 aromatic heterocycles. The number of carbonyl (C=O) groups is 1. The molecule has 7 heteroatoms. The first kappa shape index (κ1) is 15.1. The summed E-state index contributed by atoms with van der Waals surface area (Å²) in [4.78, 5) is 14.2. The van der Waals surface area contributed by atoms with Crippen LogP contribution in [0, 0.1) is 5.92 Å². The summed E-state index contributed by atoms with van der Waals surface area (Å²) in [7, 11) is -3.19.